The van der Waals surface area contributed by atoms with Crippen LogP contribution >= 0.6 is 11.5 Å². The molecule has 3 N–H and O–H groups in total. The lowest BCUT2D eigenvalue weighted by atomic mass is 10.1. The summed E-state index contributed by atoms with van der Waals surface area (Å²) < 4.78 is 9.03. The van der Waals surface area contributed by atoms with E-state index in [1.54, 1.807) is 25.6 Å². The Kier molecular flexibility index (Phi) is 3.40. The quantitative estimate of drug-likeness (QED) is 0.594. The maximum atomic E-state index is 5.53. The number of aromatic nitrogens is 3. The largest absolute Gasteiger partial charge is 0.495 e. The molecule has 2 aromatic rings. The maximum Gasteiger partial charge on any atom is 0.142 e. The van der Waals surface area contributed by atoms with Crippen LogP contribution in [-0.2, 0) is 0 Å². The molecule has 0 spiro atoms. The fraction of sp³-hybridized carbons (Fsp3) is 0.222. The van der Waals surface area contributed by atoms with Gasteiger partial charge in [-0.05, 0) is 23.7 Å². The Hall–Kier alpha value is -1.57. The first-order chi connectivity index (χ1) is 7.86. The molecule has 0 aromatic carbocycles. The van der Waals surface area contributed by atoms with Crippen molar-refractivity contribution in [1.29, 1.82) is 0 Å². The fourth-order valence-electron chi connectivity index (χ4n) is 1.39. The second kappa shape index (κ2) is 4.97. The van der Waals surface area contributed by atoms with Gasteiger partial charge < -0.3 is 4.74 Å². The topological polar surface area (TPSA) is 86.0 Å². The third kappa shape index (κ3) is 2.01. The van der Waals surface area contributed by atoms with Crippen molar-refractivity contribution in [3.63, 3.8) is 0 Å². The number of nitrogens with zero attached hydrogens (tertiary/aromatic N) is 3. The van der Waals surface area contributed by atoms with E-state index < -0.39 is 0 Å². The van der Waals surface area contributed by atoms with Gasteiger partial charge in [0.25, 0.3) is 0 Å². The minimum Gasteiger partial charge on any atom is -0.495 e. The summed E-state index contributed by atoms with van der Waals surface area (Å²) >= 11 is 1.27. The first kappa shape index (κ1) is 10.9. The summed E-state index contributed by atoms with van der Waals surface area (Å²) in [7, 11) is 1.60. The van der Waals surface area contributed by atoms with Gasteiger partial charge in [-0.3, -0.25) is 10.8 Å². The van der Waals surface area contributed by atoms with Crippen molar-refractivity contribution in [2.24, 2.45) is 5.84 Å². The number of hydrogen-bond donors (Lipinski definition) is 2. The molecule has 84 valence electrons. The molecule has 6 nitrogen and oxygen atoms in total. The van der Waals surface area contributed by atoms with Gasteiger partial charge in [-0.25, -0.2) is 5.43 Å². The predicted octanol–water partition coefficient (Wildman–Crippen LogP) is 0.494. The van der Waals surface area contributed by atoms with Crippen LogP contribution < -0.4 is 16.0 Å². The number of ether oxygens (including phenoxy) is 1. The molecular weight excluding hydrogens is 226 g/mol. The summed E-state index contributed by atoms with van der Waals surface area (Å²) in [5, 5.41) is 3.78. The number of methoxy groups -OCH3 is 1. The van der Waals surface area contributed by atoms with Crippen molar-refractivity contribution in [2.75, 3.05) is 7.11 Å². The molecule has 0 fully saturated rings. The lowest BCUT2D eigenvalue weighted by molar-refractivity contribution is 0.400. The highest BCUT2D eigenvalue weighted by Crippen LogP contribution is 2.28. The van der Waals surface area contributed by atoms with E-state index in [4.69, 9.17) is 10.6 Å². The summed E-state index contributed by atoms with van der Waals surface area (Å²) in [4.78, 5) is 5.15. The Balaban J connectivity index is 2.41. The Morgan fingerprint density at radius 2 is 2.44 bits per heavy atom. The number of nitrogens with two attached hydrogens (primary N) is 1. The van der Waals surface area contributed by atoms with Crippen LogP contribution in [0.4, 0.5) is 0 Å². The second-order valence-corrected chi connectivity index (χ2v) is 3.83. The lowest BCUT2D eigenvalue weighted by Gasteiger charge is -2.15. The first-order valence-corrected chi connectivity index (χ1v) is 5.36. The third-order valence-corrected chi connectivity index (χ3v) is 2.85. The molecule has 0 saturated heterocycles. The van der Waals surface area contributed by atoms with E-state index in [1.807, 2.05) is 6.07 Å². The smallest absolute Gasteiger partial charge is 0.142 e. The van der Waals surface area contributed by atoms with Gasteiger partial charge in [0, 0.05) is 6.20 Å². The molecule has 0 aliphatic carbocycles. The summed E-state index contributed by atoms with van der Waals surface area (Å²) in [6, 6.07) is 3.39. The molecule has 2 heterocycles. The minimum atomic E-state index is -0.254. The lowest BCUT2D eigenvalue weighted by Crippen LogP contribution is -2.29. The zero-order valence-electron chi connectivity index (χ0n) is 8.62. The number of hydrazine groups is 1. The second-order valence-electron chi connectivity index (χ2n) is 3.01. The molecule has 0 saturated carbocycles. The van der Waals surface area contributed by atoms with Gasteiger partial charge >= 0.3 is 0 Å². The highest BCUT2D eigenvalue weighted by atomic mass is 32.1. The summed E-state index contributed by atoms with van der Waals surface area (Å²) in [5.41, 5.74) is 3.40. The van der Waals surface area contributed by atoms with E-state index in [0.29, 0.717) is 5.75 Å². The standard InChI is InChI=1S/C9H11N5OS/c1-15-6-3-2-4-11-8(6)9(13-10)7-5-12-14-16-7/h2-5,9,13H,10H2,1H3. The van der Waals surface area contributed by atoms with Gasteiger partial charge in [-0.1, -0.05) is 4.49 Å². The van der Waals surface area contributed by atoms with Crippen LogP contribution in [0.5, 0.6) is 5.75 Å². The van der Waals surface area contributed by atoms with E-state index in [0.717, 1.165) is 10.6 Å². The summed E-state index contributed by atoms with van der Waals surface area (Å²) in [6.07, 6.45) is 3.35. The average molecular weight is 237 g/mol. The van der Waals surface area contributed by atoms with E-state index in [1.165, 1.54) is 11.5 Å². The molecule has 0 aliphatic rings. The van der Waals surface area contributed by atoms with Gasteiger partial charge in [-0.15, -0.1) is 5.10 Å². The fourth-order valence-corrected chi connectivity index (χ4v) is 1.96. The normalized spacial score (nSPS) is 12.4. The minimum absolute atomic E-state index is 0.254. The predicted molar refractivity (Wildman–Crippen MR) is 59.9 cm³/mol. The van der Waals surface area contributed by atoms with Gasteiger partial charge in [0.15, 0.2) is 0 Å². The van der Waals surface area contributed by atoms with Crippen LogP contribution in [0.25, 0.3) is 0 Å². The zero-order chi connectivity index (χ0) is 11.4. The van der Waals surface area contributed by atoms with Gasteiger partial charge in [0.1, 0.15) is 17.5 Å². The molecule has 2 aromatic heterocycles. The van der Waals surface area contributed by atoms with Crippen molar-refractivity contribution in [2.45, 2.75) is 6.04 Å². The first-order valence-electron chi connectivity index (χ1n) is 4.59. The molecule has 16 heavy (non-hydrogen) atoms. The average Bonchev–Trinajstić information content (AvgIpc) is 2.84. The Morgan fingerprint density at radius 1 is 1.56 bits per heavy atom. The maximum absolute atomic E-state index is 5.53. The van der Waals surface area contributed by atoms with Crippen LogP contribution in [0.15, 0.2) is 24.5 Å². The summed E-state index contributed by atoms with van der Waals surface area (Å²) in [6.45, 7) is 0. The van der Waals surface area contributed by atoms with Crippen LogP contribution in [0.1, 0.15) is 16.6 Å². The van der Waals surface area contributed by atoms with Crippen molar-refractivity contribution in [1.82, 2.24) is 20.0 Å². The molecule has 0 amide bonds. The van der Waals surface area contributed by atoms with Crippen LogP contribution in [-0.4, -0.2) is 21.7 Å². The Labute approximate surface area is 96.6 Å². The van der Waals surface area contributed by atoms with Crippen molar-refractivity contribution >= 4 is 11.5 Å². The van der Waals surface area contributed by atoms with E-state index >= 15 is 0 Å². The van der Waals surface area contributed by atoms with E-state index in [9.17, 15) is 0 Å². The van der Waals surface area contributed by atoms with Crippen molar-refractivity contribution in [3.05, 3.63) is 35.1 Å². The monoisotopic (exact) mass is 237 g/mol. The highest BCUT2D eigenvalue weighted by molar-refractivity contribution is 7.05. The third-order valence-electron chi connectivity index (χ3n) is 2.12. The number of hydrogen-bond acceptors (Lipinski definition) is 7. The number of pyridine rings is 1. The van der Waals surface area contributed by atoms with E-state index in [2.05, 4.69) is 20.0 Å². The molecule has 0 aliphatic heterocycles. The molecular formula is C9H11N5OS. The van der Waals surface area contributed by atoms with Crippen LogP contribution in [0.3, 0.4) is 0 Å². The SMILES string of the molecule is COc1cccnc1C(NN)c1cnns1. The molecule has 1 unspecified atom stereocenters. The van der Waals surface area contributed by atoms with Gasteiger partial charge in [0.2, 0.25) is 0 Å². The molecule has 0 bridgehead atoms. The van der Waals surface area contributed by atoms with Crippen molar-refractivity contribution < 1.29 is 4.74 Å². The van der Waals surface area contributed by atoms with Gasteiger partial charge in [-0.2, -0.15) is 0 Å². The number of rotatable bonds is 4. The van der Waals surface area contributed by atoms with Crippen LogP contribution in [0, 0.1) is 0 Å². The summed E-state index contributed by atoms with van der Waals surface area (Å²) in [5.74, 6) is 6.20. The molecule has 2 rings (SSSR count). The molecule has 1 atom stereocenters. The van der Waals surface area contributed by atoms with Crippen LogP contribution in [0.2, 0.25) is 0 Å². The van der Waals surface area contributed by atoms with Gasteiger partial charge in [0.05, 0.1) is 18.2 Å². The Morgan fingerprint density at radius 3 is 3.06 bits per heavy atom. The van der Waals surface area contributed by atoms with Crippen molar-refractivity contribution in [3.8, 4) is 5.75 Å². The molecule has 0 radical (unpaired) electrons. The highest BCUT2D eigenvalue weighted by Gasteiger charge is 2.20. The van der Waals surface area contributed by atoms with E-state index in [-0.39, 0.29) is 6.04 Å². The molecule has 7 heteroatoms. The zero-order valence-corrected chi connectivity index (χ0v) is 9.44. The number of nitrogens with one attached hydrogen (secondary N) is 1. The Bertz CT molecular complexity index is 447.